The molecule has 208 valence electrons. The quantitative estimate of drug-likeness (QED) is 0.175. The molecule has 41 heavy (non-hydrogen) atoms. The number of nitrogens with zero attached hydrogens (tertiary/aromatic N) is 5. The van der Waals surface area contributed by atoms with Gasteiger partial charge in [0.05, 0.1) is 18.1 Å². The molecule has 0 bridgehead atoms. The summed E-state index contributed by atoms with van der Waals surface area (Å²) >= 11 is 5.90. The maximum atomic E-state index is 12.5. The lowest BCUT2D eigenvalue weighted by molar-refractivity contribution is -0.384. The molecular weight excluding hydrogens is 548 g/mol. The van der Waals surface area contributed by atoms with Crippen LogP contribution in [0.25, 0.3) is 12.2 Å². The standard InChI is InChI=1S/C28H25ClN8O4/c29-20-8-10-21(11-9-20)31-28(38)32-23-5-2-4-22(18-23)30-26-33-25(34-27(35-26)36-13-15-41-16-14-36)12-7-19-3-1-6-24(17-19)37(39)40/h1-12,17-18H,13-16H2,(H2,31,32,38)(H,30,33,34,35)/b12-7+. The number of carbonyl (C=O) groups is 1. The van der Waals surface area contributed by atoms with Gasteiger partial charge in [0.1, 0.15) is 0 Å². The molecule has 1 saturated heterocycles. The second-order valence-corrected chi connectivity index (χ2v) is 9.33. The van der Waals surface area contributed by atoms with Crippen molar-refractivity contribution >= 4 is 64.4 Å². The summed E-state index contributed by atoms with van der Waals surface area (Å²) < 4.78 is 5.46. The lowest BCUT2D eigenvalue weighted by Gasteiger charge is -2.27. The molecule has 0 radical (unpaired) electrons. The molecule has 0 unspecified atom stereocenters. The second-order valence-electron chi connectivity index (χ2n) is 8.89. The molecule has 1 aliphatic rings. The molecule has 3 aromatic carbocycles. The molecule has 4 aromatic rings. The van der Waals surface area contributed by atoms with E-state index in [1.54, 1.807) is 66.7 Å². The van der Waals surface area contributed by atoms with Crippen molar-refractivity contribution in [2.75, 3.05) is 47.2 Å². The van der Waals surface area contributed by atoms with E-state index in [0.29, 0.717) is 71.7 Å². The van der Waals surface area contributed by atoms with Gasteiger partial charge in [-0.2, -0.15) is 15.0 Å². The molecule has 12 nitrogen and oxygen atoms in total. The van der Waals surface area contributed by atoms with Crippen molar-refractivity contribution in [1.29, 1.82) is 0 Å². The fourth-order valence-corrected chi connectivity index (χ4v) is 4.09. The van der Waals surface area contributed by atoms with E-state index in [2.05, 4.69) is 30.9 Å². The number of morpholine rings is 1. The number of anilines is 5. The zero-order chi connectivity index (χ0) is 28.6. The predicted octanol–water partition coefficient (Wildman–Crippen LogP) is 5.83. The van der Waals surface area contributed by atoms with Gasteiger partial charge >= 0.3 is 6.03 Å². The Hall–Kier alpha value is -5.07. The van der Waals surface area contributed by atoms with Crippen LogP contribution in [0.15, 0.2) is 72.8 Å². The van der Waals surface area contributed by atoms with Gasteiger partial charge in [-0.15, -0.1) is 0 Å². The third-order valence-corrected chi connectivity index (χ3v) is 6.17. The zero-order valence-corrected chi connectivity index (χ0v) is 22.4. The molecule has 5 rings (SSSR count). The van der Waals surface area contributed by atoms with Crippen LogP contribution in [-0.4, -0.2) is 52.2 Å². The first-order valence-electron chi connectivity index (χ1n) is 12.6. The summed E-state index contributed by atoms with van der Waals surface area (Å²) in [5.41, 5.74) is 2.43. The van der Waals surface area contributed by atoms with Crippen LogP contribution in [0.4, 0.5) is 39.4 Å². The lowest BCUT2D eigenvalue weighted by atomic mass is 10.2. The molecule has 1 aliphatic heterocycles. The number of hydrogen-bond donors (Lipinski definition) is 3. The largest absolute Gasteiger partial charge is 0.378 e. The molecule has 1 fully saturated rings. The number of nitro groups is 1. The number of urea groups is 1. The van der Waals surface area contributed by atoms with E-state index in [1.165, 1.54) is 12.1 Å². The molecule has 1 aromatic heterocycles. The van der Waals surface area contributed by atoms with Crippen molar-refractivity contribution in [3.8, 4) is 0 Å². The molecule has 0 saturated carbocycles. The number of aromatic nitrogens is 3. The van der Waals surface area contributed by atoms with Crippen LogP contribution in [0, 0.1) is 10.1 Å². The van der Waals surface area contributed by atoms with Gasteiger partial charge in [0.25, 0.3) is 5.69 Å². The Morgan fingerprint density at radius 2 is 1.63 bits per heavy atom. The second kappa shape index (κ2) is 12.9. The molecular formula is C28H25ClN8O4. The van der Waals surface area contributed by atoms with Crippen LogP contribution < -0.4 is 20.9 Å². The zero-order valence-electron chi connectivity index (χ0n) is 21.7. The summed E-state index contributed by atoms with van der Waals surface area (Å²) in [5, 5.41) is 20.4. The van der Waals surface area contributed by atoms with Gasteiger partial charge in [0, 0.05) is 47.3 Å². The van der Waals surface area contributed by atoms with E-state index in [-0.39, 0.29) is 5.69 Å². The molecule has 13 heteroatoms. The van der Waals surface area contributed by atoms with Crippen molar-refractivity contribution in [2.24, 2.45) is 0 Å². The van der Waals surface area contributed by atoms with Gasteiger partial charge in [-0.1, -0.05) is 35.9 Å². The van der Waals surface area contributed by atoms with Crippen molar-refractivity contribution in [3.05, 3.63) is 99.3 Å². The van der Waals surface area contributed by atoms with Crippen molar-refractivity contribution in [2.45, 2.75) is 0 Å². The maximum Gasteiger partial charge on any atom is 0.323 e. The smallest absolute Gasteiger partial charge is 0.323 e. The summed E-state index contributed by atoms with van der Waals surface area (Å²) in [6.45, 7) is 2.36. The van der Waals surface area contributed by atoms with E-state index in [1.807, 2.05) is 11.0 Å². The van der Waals surface area contributed by atoms with Gasteiger partial charge < -0.3 is 25.6 Å². The Labute approximate surface area is 240 Å². The topological polar surface area (TPSA) is 147 Å². The number of benzene rings is 3. The number of hydrogen-bond acceptors (Lipinski definition) is 9. The molecule has 3 N–H and O–H groups in total. The normalized spacial score (nSPS) is 13.1. The Morgan fingerprint density at radius 1 is 0.902 bits per heavy atom. The van der Waals surface area contributed by atoms with Gasteiger partial charge in [-0.3, -0.25) is 10.1 Å². The SMILES string of the molecule is O=C(Nc1ccc(Cl)cc1)Nc1cccc(Nc2nc(/C=C/c3cccc([N+](=O)[O-])c3)nc(N3CCOCC3)n2)c1. The fourth-order valence-electron chi connectivity index (χ4n) is 3.96. The van der Waals surface area contributed by atoms with Crippen LogP contribution in [0.5, 0.6) is 0 Å². The first-order valence-corrected chi connectivity index (χ1v) is 13.0. The molecule has 0 spiro atoms. The van der Waals surface area contributed by atoms with Crippen molar-refractivity contribution < 1.29 is 14.5 Å². The highest BCUT2D eigenvalue weighted by Gasteiger charge is 2.16. The Bertz CT molecular complexity index is 1580. The molecule has 2 heterocycles. The molecule has 2 amide bonds. The number of nitro benzene ring substituents is 1. The van der Waals surface area contributed by atoms with Crippen LogP contribution in [0.3, 0.4) is 0 Å². The number of amides is 2. The Balaban J connectivity index is 1.35. The number of non-ortho nitro benzene ring substituents is 1. The Morgan fingerprint density at radius 3 is 2.41 bits per heavy atom. The van der Waals surface area contributed by atoms with Crippen LogP contribution in [0.1, 0.15) is 11.4 Å². The molecule has 0 aliphatic carbocycles. The summed E-state index contributed by atoms with van der Waals surface area (Å²) in [7, 11) is 0. The van der Waals surface area contributed by atoms with E-state index in [4.69, 9.17) is 16.3 Å². The highest BCUT2D eigenvalue weighted by molar-refractivity contribution is 6.30. The summed E-state index contributed by atoms with van der Waals surface area (Å²) in [5.74, 6) is 1.14. The minimum absolute atomic E-state index is 0.00510. The van der Waals surface area contributed by atoms with E-state index < -0.39 is 11.0 Å². The Kier molecular flexibility index (Phi) is 8.62. The van der Waals surface area contributed by atoms with Gasteiger partial charge in [-0.05, 0) is 54.1 Å². The van der Waals surface area contributed by atoms with E-state index in [0.717, 1.165) is 0 Å². The van der Waals surface area contributed by atoms with Crippen molar-refractivity contribution in [1.82, 2.24) is 15.0 Å². The van der Waals surface area contributed by atoms with Crippen molar-refractivity contribution in [3.63, 3.8) is 0 Å². The average Bonchev–Trinajstić information content (AvgIpc) is 2.98. The first kappa shape index (κ1) is 27.5. The number of carbonyl (C=O) groups excluding carboxylic acids is 1. The summed E-state index contributed by atoms with van der Waals surface area (Å²) in [4.78, 5) is 38.9. The maximum absolute atomic E-state index is 12.5. The average molecular weight is 573 g/mol. The third-order valence-electron chi connectivity index (χ3n) is 5.92. The van der Waals surface area contributed by atoms with Crippen LogP contribution in [-0.2, 0) is 4.74 Å². The third kappa shape index (κ3) is 7.75. The minimum atomic E-state index is -0.441. The van der Waals surface area contributed by atoms with Gasteiger partial charge in [0.15, 0.2) is 5.82 Å². The van der Waals surface area contributed by atoms with E-state index in [9.17, 15) is 14.9 Å². The first-order chi connectivity index (χ1) is 19.9. The van der Waals surface area contributed by atoms with Crippen LogP contribution >= 0.6 is 11.6 Å². The summed E-state index contributed by atoms with van der Waals surface area (Å²) in [6, 6.07) is 19.8. The van der Waals surface area contributed by atoms with Gasteiger partial charge in [0.2, 0.25) is 11.9 Å². The molecule has 0 atom stereocenters. The highest BCUT2D eigenvalue weighted by atomic mass is 35.5. The number of halogens is 1. The summed E-state index contributed by atoms with van der Waals surface area (Å²) in [6.07, 6.45) is 3.38. The monoisotopic (exact) mass is 572 g/mol. The van der Waals surface area contributed by atoms with Crippen LogP contribution in [0.2, 0.25) is 5.02 Å². The number of nitrogens with one attached hydrogen (secondary N) is 3. The lowest BCUT2D eigenvalue weighted by Crippen LogP contribution is -2.37. The van der Waals surface area contributed by atoms with E-state index >= 15 is 0 Å². The fraction of sp³-hybridized carbons (Fsp3) is 0.143. The number of ether oxygens (including phenoxy) is 1. The number of rotatable bonds is 8. The predicted molar refractivity (Wildman–Crippen MR) is 159 cm³/mol. The van der Waals surface area contributed by atoms with Gasteiger partial charge in [-0.25, -0.2) is 4.79 Å². The highest BCUT2D eigenvalue weighted by Crippen LogP contribution is 2.22. The minimum Gasteiger partial charge on any atom is -0.378 e.